The molecule has 5 heteroatoms. The van der Waals surface area contributed by atoms with Gasteiger partial charge in [0.25, 0.3) is 0 Å². The third-order valence-corrected chi connectivity index (χ3v) is 2.37. The molecule has 0 fully saturated rings. The Bertz CT molecular complexity index is 344. The molecule has 4 nitrogen and oxygen atoms in total. The summed E-state index contributed by atoms with van der Waals surface area (Å²) in [6, 6.07) is 1.69. The first-order valence-corrected chi connectivity index (χ1v) is 5.80. The molecule has 0 saturated carbocycles. The second-order valence-corrected chi connectivity index (χ2v) is 4.64. The van der Waals surface area contributed by atoms with Crippen molar-refractivity contribution in [1.29, 1.82) is 0 Å². The highest BCUT2D eigenvalue weighted by Gasteiger charge is 2.07. The molecule has 0 aliphatic heterocycles. The second kappa shape index (κ2) is 6.01. The minimum Gasteiger partial charge on any atom is -0.396 e. The van der Waals surface area contributed by atoms with Crippen LogP contribution in [0.15, 0.2) is 6.07 Å². The monoisotopic (exact) mass is 243 g/mol. The fourth-order valence-electron chi connectivity index (χ4n) is 1.13. The highest BCUT2D eigenvalue weighted by atomic mass is 35.5. The van der Waals surface area contributed by atoms with Gasteiger partial charge in [-0.1, -0.05) is 32.4 Å². The van der Waals surface area contributed by atoms with Gasteiger partial charge in [0.2, 0.25) is 0 Å². The Labute approximate surface area is 101 Å². The first kappa shape index (κ1) is 13.2. The lowest BCUT2D eigenvalue weighted by Gasteiger charge is -2.12. The molecule has 0 aliphatic carbocycles. The molecule has 1 heterocycles. The van der Waals surface area contributed by atoms with E-state index in [0.717, 1.165) is 5.82 Å². The molecule has 1 rings (SSSR count). The largest absolute Gasteiger partial charge is 0.396 e. The normalized spacial score (nSPS) is 12.9. The summed E-state index contributed by atoms with van der Waals surface area (Å²) in [6.45, 7) is 6.82. The fourth-order valence-corrected chi connectivity index (χ4v) is 1.32. The van der Waals surface area contributed by atoms with Crippen LogP contribution in [0.2, 0.25) is 5.15 Å². The second-order valence-electron chi connectivity index (χ2n) is 4.26. The van der Waals surface area contributed by atoms with Crippen LogP contribution in [0.3, 0.4) is 0 Å². The quantitative estimate of drug-likeness (QED) is 0.780. The number of aliphatic hydroxyl groups is 1. The van der Waals surface area contributed by atoms with E-state index in [1.165, 1.54) is 0 Å². The minimum atomic E-state index is 0.156. The zero-order valence-electron chi connectivity index (χ0n) is 9.87. The van der Waals surface area contributed by atoms with Gasteiger partial charge in [-0.3, -0.25) is 0 Å². The summed E-state index contributed by atoms with van der Waals surface area (Å²) in [7, 11) is 0. The summed E-state index contributed by atoms with van der Waals surface area (Å²) >= 11 is 5.90. The molecule has 0 radical (unpaired) electrons. The Morgan fingerprint density at radius 2 is 2.06 bits per heavy atom. The molecular weight excluding hydrogens is 226 g/mol. The summed E-state index contributed by atoms with van der Waals surface area (Å²) in [5.41, 5.74) is 0. The van der Waals surface area contributed by atoms with E-state index in [1.807, 2.05) is 20.8 Å². The lowest BCUT2D eigenvalue weighted by atomic mass is 10.2. The third-order valence-electron chi connectivity index (χ3n) is 2.17. The van der Waals surface area contributed by atoms with Crippen molar-refractivity contribution in [1.82, 2.24) is 9.97 Å². The van der Waals surface area contributed by atoms with Gasteiger partial charge in [-0.2, -0.15) is 0 Å². The first-order valence-electron chi connectivity index (χ1n) is 5.42. The summed E-state index contributed by atoms with van der Waals surface area (Å²) < 4.78 is 0. The van der Waals surface area contributed by atoms with E-state index in [4.69, 9.17) is 16.7 Å². The summed E-state index contributed by atoms with van der Waals surface area (Å²) in [5.74, 6) is 1.88. The van der Waals surface area contributed by atoms with Crippen molar-refractivity contribution in [3.8, 4) is 0 Å². The molecule has 0 saturated heterocycles. The van der Waals surface area contributed by atoms with E-state index < -0.39 is 0 Å². The minimum absolute atomic E-state index is 0.156. The number of nitrogens with zero attached hydrogens (tertiary/aromatic N) is 2. The van der Waals surface area contributed by atoms with Crippen LogP contribution < -0.4 is 5.32 Å². The number of hydrogen-bond donors (Lipinski definition) is 2. The summed E-state index contributed by atoms with van der Waals surface area (Å²) in [4.78, 5) is 8.50. The van der Waals surface area contributed by atoms with Crippen molar-refractivity contribution >= 4 is 17.4 Å². The number of anilines is 1. The van der Waals surface area contributed by atoms with E-state index in [-0.39, 0.29) is 18.4 Å². The Kier molecular flexibility index (Phi) is 4.96. The van der Waals surface area contributed by atoms with E-state index in [0.29, 0.717) is 17.5 Å². The average molecular weight is 244 g/mol. The maximum absolute atomic E-state index is 8.91. The van der Waals surface area contributed by atoms with Crippen molar-refractivity contribution in [3.63, 3.8) is 0 Å². The van der Waals surface area contributed by atoms with Gasteiger partial charge in [-0.05, 0) is 5.92 Å². The maximum atomic E-state index is 8.91. The molecule has 90 valence electrons. The molecule has 2 N–H and O–H groups in total. The maximum Gasteiger partial charge on any atom is 0.135 e. The van der Waals surface area contributed by atoms with Crippen LogP contribution in [-0.2, 0) is 0 Å². The number of rotatable bonds is 5. The molecule has 0 bridgehead atoms. The molecular formula is C11H18ClN3O. The van der Waals surface area contributed by atoms with Gasteiger partial charge in [-0.15, -0.1) is 0 Å². The van der Waals surface area contributed by atoms with Crippen molar-refractivity contribution in [2.75, 3.05) is 18.5 Å². The summed E-state index contributed by atoms with van der Waals surface area (Å²) in [6.07, 6.45) is 0. The molecule has 0 aromatic carbocycles. The molecule has 0 amide bonds. The summed E-state index contributed by atoms with van der Waals surface area (Å²) in [5, 5.41) is 12.5. The highest BCUT2D eigenvalue weighted by molar-refractivity contribution is 6.29. The SMILES string of the molecule is CC(CO)CNc1cc(Cl)nc(C(C)C)n1. The van der Waals surface area contributed by atoms with Crippen LogP contribution in [0.4, 0.5) is 5.82 Å². The van der Waals surface area contributed by atoms with Crippen LogP contribution >= 0.6 is 11.6 Å². The van der Waals surface area contributed by atoms with Gasteiger partial charge in [0.1, 0.15) is 16.8 Å². The topological polar surface area (TPSA) is 58.0 Å². The van der Waals surface area contributed by atoms with Crippen molar-refractivity contribution < 1.29 is 5.11 Å². The first-order chi connectivity index (χ1) is 7.52. The zero-order chi connectivity index (χ0) is 12.1. The molecule has 1 unspecified atom stereocenters. The van der Waals surface area contributed by atoms with Crippen LogP contribution in [0.1, 0.15) is 32.5 Å². The van der Waals surface area contributed by atoms with E-state index in [2.05, 4.69) is 15.3 Å². The number of hydrogen-bond acceptors (Lipinski definition) is 4. The smallest absolute Gasteiger partial charge is 0.135 e. The van der Waals surface area contributed by atoms with Gasteiger partial charge >= 0.3 is 0 Å². The highest BCUT2D eigenvalue weighted by Crippen LogP contribution is 2.17. The van der Waals surface area contributed by atoms with Crippen LogP contribution in [0.5, 0.6) is 0 Å². The van der Waals surface area contributed by atoms with E-state index >= 15 is 0 Å². The van der Waals surface area contributed by atoms with Crippen molar-refractivity contribution in [3.05, 3.63) is 17.0 Å². The lowest BCUT2D eigenvalue weighted by molar-refractivity contribution is 0.244. The third kappa shape index (κ3) is 3.94. The van der Waals surface area contributed by atoms with Gasteiger partial charge in [0.15, 0.2) is 0 Å². The van der Waals surface area contributed by atoms with Gasteiger partial charge in [0.05, 0.1) is 0 Å². The molecule has 0 spiro atoms. The average Bonchev–Trinajstić information content (AvgIpc) is 2.25. The van der Waals surface area contributed by atoms with Gasteiger partial charge in [-0.25, -0.2) is 9.97 Å². The Morgan fingerprint density at radius 3 is 2.62 bits per heavy atom. The van der Waals surface area contributed by atoms with Crippen LogP contribution in [-0.4, -0.2) is 28.2 Å². The van der Waals surface area contributed by atoms with Gasteiger partial charge in [0, 0.05) is 25.1 Å². The van der Waals surface area contributed by atoms with Gasteiger partial charge < -0.3 is 10.4 Å². The molecule has 16 heavy (non-hydrogen) atoms. The number of aliphatic hydroxyl groups excluding tert-OH is 1. The fraction of sp³-hybridized carbons (Fsp3) is 0.636. The standard InChI is InChI=1S/C11H18ClN3O/c1-7(2)11-14-9(12)4-10(15-11)13-5-8(3)6-16/h4,7-8,16H,5-6H2,1-3H3,(H,13,14,15). The molecule has 1 atom stereocenters. The zero-order valence-corrected chi connectivity index (χ0v) is 10.6. The number of halogens is 1. The number of nitrogens with one attached hydrogen (secondary N) is 1. The Morgan fingerprint density at radius 1 is 1.38 bits per heavy atom. The van der Waals surface area contributed by atoms with Crippen LogP contribution in [0.25, 0.3) is 0 Å². The molecule has 0 aliphatic rings. The molecule has 1 aromatic heterocycles. The Balaban J connectivity index is 2.72. The molecule has 1 aromatic rings. The lowest BCUT2D eigenvalue weighted by Crippen LogP contribution is -2.16. The van der Waals surface area contributed by atoms with E-state index in [1.54, 1.807) is 6.07 Å². The van der Waals surface area contributed by atoms with E-state index in [9.17, 15) is 0 Å². The number of aromatic nitrogens is 2. The van der Waals surface area contributed by atoms with Crippen molar-refractivity contribution in [2.45, 2.75) is 26.7 Å². The predicted octanol–water partition coefficient (Wildman–Crippen LogP) is 2.29. The predicted molar refractivity (Wildman–Crippen MR) is 65.9 cm³/mol. The van der Waals surface area contributed by atoms with Crippen LogP contribution in [0, 0.1) is 5.92 Å². The van der Waals surface area contributed by atoms with Crippen molar-refractivity contribution in [2.24, 2.45) is 5.92 Å². The Hall–Kier alpha value is -0.870.